The van der Waals surface area contributed by atoms with Gasteiger partial charge < -0.3 is 15.2 Å². The number of rotatable bonds is 6. The number of hydrogen-bond donors (Lipinski definition) is 1. The molecule has 1 aliphatic heterocycles. The van der Waals surface area contributed by atoms with Crippen molar-refractivity contribution in [3.8, 4) is 0 Å². The SMILES string of the molecule is Cn1cnnc1C1CCCN(C(=O)CCCCCN)C1. The van der Waals surface area contributed by atoms with Crippen LogP contribution >= 0.6 is 0 Å². The topological polar surface area (TPSA) is 77.0 Å². The molecule has 0 radical (unpaired) electrons. The van der Waals surface area contributed by atoms with Gasteiger partial charge in [-0.2, -0.15) is 0 Å². The molecule has 1 aromatic rings. The molecule has 0 spiro atoms. The van der Waals surface area contributed by atoms with Crippen LogP contribution in [0.3, 0.4) is 0 Å². The van der Waals surface area contributed by atoms with Crippen LogP contribution in [0, 0.1) is 0 Å². The van der Waals surface area contributed by atoms with Gasteiger partial charge >= 0.3 is 0 Å². The van der Waals surface area contributed by atoms with Crippen LogP contribution in [0.25, 0.3) is 0 Å². The lowest BCUT2D eigenvalue weighted by atomic mass is 9.96. The Morgan fingerprint density at radius 1 is 1.45 bits per heavy atom. The normalized spacial score (nSPS) is 19.3. The number of carbonyl (C=O) groups is 1. The molecule has 1 unspecified atom stereocenters. The highest BCUT2D eigenvalue weighted by Crippen LogP contribution is 2.25. The van der Waals surface area contributed by atoms with Crippen molar-refractivity contribution in [2.75, 3.05) is 19.6 Å². The van der Waals surface area contributed by atoms with Crippen LogP contribution in [-0.4, -0.2) is 45.2 Å². The molecule has 20 heavy (non-hydrogen) atoms. The molecule has 1 aromatic heterocycles. The summed E-state index contributed by atoms with van der Waals surface area (Å²) < 4.78 is 1.96. The minimum atomic E-state index is 0.272. The van der Waals surface area contributed by atoms with E-state index in [9.17, 15) is 4.79 Å². The van der Waals surface area contributed by atoms with Crippen LogP contribution < -0.4 is 5.73 Å². The smallest absolute Gasteiger partial charge is 0.222 e. The van der Waals surface area contributed by atoms with Crippen molar-refractivity contribution in [2.45, 2.75) is 44.4 Å². The van der Waals surface area contributed by atoms with E-state index in [1.807, 2.05) is 16.5 Å². The molecule has 6 nitrogen and oxygen atoms in total. The number of nitrogens with zero attached hydrogens (tertiary/aromatic N) is 4. The number of amides is 1. The first-order chi connectivity index (χ1) is 9.72. The Kier molecular flexibility index (Phi) is 5.52. The number of unbranched alkanes of at least 4 members (excludes halogenated alkanes) is 2. The number of aromatic nitrogens is 3. The van der Waals surface area contributed by atoms with Gasteiger partial charge in [-0.1, -0.05) is 6.42 Å². The summed E-state index contributed by atoms with van der Waals surface area (Å²) in [6, 6.07) is 0. The van der Waals surface area contributed by atoms with Gasteiger partial charge in [0.2, 0.25) is 5.91 Å². The summed E-state index contributed by atoms with van der Waals surface area (Å²) in [5.41, 5.74) is 5.46. The van der Waals surface area contributed by atoms with E-state index in [0.29, 0.717) is 18.9 Å². The van der Waals surface area contributed by atoms with Crippen molar-refractivity contribution >= 4 is 5.91 Å². The van der Waals surface area contributed by atoms with E-state index >= 15 is 0 Å². The van der Waals surface area contributed by atoms with Crippen LogP contribution in [0.2, 0.25) is 0 Å². The van der Waals surface area contributed by atoms with Gasteiger partial charge in [0.15, 0.2) is 0 Å². The number of piperidine rings is 1. The van der Waals surface area contributed by atoms with Crippen molar-refractivity contribution in [1.82, 2.24) is 19.7 Å². The minimum absolute atomic E-state index is 0.272. The zero-order chi connectivity index (χ0) is 14.4. The van der Waals surface area contributed by atoms with Crippen molar-refractivity contribution in [2.24, 2.45) is 12.8 Å². The van der Waals surface area contributed by atoms with Gasteiger partial charge in [0.1, 0.15) is 12.2 Å². The predicted octanol–water partition coefficient (Wildman–Crippen LogP) is 1.04. The summed E-state index contributed by atoms with van der Waals surface area (Å²) in [6.45, 7) is 2.37. The van der Waals surface area contributed by atoms with Gasteiger partial charge in [-0.05, 0) is 32.2 Å². The molecular formula is C14H25N5O. The van der Waals surface area contributed by atoms with E-state index in [-0.39, 0.29) is 5.91 Å². The van der Waals surface area contributed by atoms with Gasteiger partial charge in [0.05, 0.1) is 0 Å². The van der Waals surface area contributed by atoms with Crippen LogP contribution in [0.5, 0.6) is 0 Å². The van der Waals surface area contributed by atoms with E-state index in [2.05, 4.69) is 10.2 Å². The second kappa shape index (κ2) is 7.38. The Hall–Kier alpha value is -1.43. The maximum Gasteiger partial charge on any atom is 0.222 e. The van der Waals surface area contributed by atoms with Gasteiger partial charge in [0, 0.05) is 32.5 Å². The highest BCUT2D eigenvalue weighted by molar-refractivity contribution is 5.76. The zero-order valence-electron chi connectivity index (χ0n) is 12.3. The molecule has 1 atom stereocenters. The van der Waals surface area contributed by atoms with Crippen LogP contribution in [0.1, 0.15) is 50.3 Å². The lowest BCUT2D eigenvalue weighted by molar-refractivity contribution is -0.132. The van der Waals surface area contributed by atoms with Crippen molar-refractivity contribution < 1.29 is 4.79 Å². The maximum atomic E-state index is 12.2. The largest absolute Gasteiger partial charge is 0.342 e. The second-order valence-electron chi connectivity index (χ2n) is 5.58. The quantitative estimate of drug-likeness (QED) is 0.789. The second-order valence-corrected chi connectivity index (χ2v) is 5.58. The number of hydrogen-bond acceptors (Lipinski definition) is 4. The average Bonchev–Trinajstić information content (AvgIpc) is 2.90. The zero-order valence-corrected chi connectivity index (χ0v) is 12.3. The number of likely N-dealkylation sites (tertiary alicyclic amines) is 1. The van der Waals surface area contributed by atoms with Gasteiger partial charge in [-0.15, -0.1) is 10.2 Å². The van der Waals surface area contributed by atoms with Crippen molar-refractivity contribution in [3.05, 3.63) is 12.2 Å². The lowest BCUT2D eigenvalue weighted by Crippen LogP contribution is -2.39. The first-order valence-electron chi connectivity index (χ1n) is 7.54. The Morgan fingerprint density at radius 2 is 2.30 bits per heavy atom. The van der Waals surface area contributed by atoms with Crippen LogP contribution in [0.15, 0.2) is 6.33 Å². The molecule has 1 aliphatic rings. The molecule has 2 N–H and O–H groups in total. The number of nitrogens with two attached hydrogens (primary N) is 1. The summed E-state index contributed by atoms with van der Waals surface area (Å²) in [7, 11) is 1.96. The van der Waals surface area contributed by atoms with E-state index < -0.39 is 0 Å². The Bertz CT molecular complexity index is 431. The third kappa shape index (κ3) is 3.79. The van der Waals surface area contributed by atoms with E-state index in [1.54, 1.807) is 6.33 Å². The molecule has 1 saturated heterocycles. The third-order valence-corrected chi connectivity index (χ3v) is 3.98. The summed E-state index contributed by atoms with van der Waals surface area (Å²) >= 11 is 0. The Labute approximate surface area is 120 Å². The molecule has 112 valence electrons. The first kappa shape index (κ1) is 15.0. The summed E-state index contributed by atoms with van der Waals surface area (Å²) in [5, 5.41) is 8.12. The first-order valence-corrected chi connectivity index (χ1v) is 7.54. The van der Waals surface area contributed by atoms with Gasteiger partial charge in [-0.25, -0.2) is 0 Å². The number of aryl methyl sites for hydroxylation is 1. The van der Waals surface area contributed by atoms with E-state index in [1.165, 1.54) is 0 Å². The molecule has 0 aliphatic carbocycles. The number of carbonyl (C=O) groups excluding carboxylic acids is 1. The standard InChI is InChI=1S/C14H25N5O/c1-18-11-16-17-14(18)12-6-5-9-19(10-12)13(20)7-3-2-4-8-15/h11-12H,2-10,15H2,1H3. The van der Waals surface area contributed by atoms with Crippen molar-refractivity contribution in [3.63, 3.8) is 0 Å². The molecule has 0 bridgehead atoms. The molecule has 2 rings (SSSR count). The maximum absolute atomic E-state index is 12.2. The third-order valence-electron chi connectivity index (χ3n) is 3.98. The fraction of sp³-hybridized carbons (Fsp3) is 0.786. The highest BCUT2D eigenvalue weighted by atomic mass is 16.2. The summed E-state index contributed by atoms with van der Waals surface area (Å²) in [5.74, 6) is 1.59. The van der Waals surface area contributed by atoms with Gasteiger partial charge in [-0.3, -0.25) is 4.79 Å². The molecule has 6 heteroatoms. The monoisotopic (exact) mass is 279 g/mol. The fourth-order valence-corrected chi connectivity index (χ4v) is 2.83. The van der Waals surface area contributed by atoms with Crippen LogP contribution in [0.4, 0.5) is 0 Å². The molecular weight excluding hydrogens is 254 g/mol. The minimum Gasteiger partial charge on any atom is -0.342 e. The molecule has 2 heterocycles. The predicted molar refractivity (Wildman–Crippen MR) is 77.1 cm³/mol. The fourth-order valence-electron chi connectivity index (χ4n) is 2.83. The highest BCUT2D eigenvalue weighted by Gasteiger charge is 2.26. The Morgan fingerprint density at radius 3 is 3.00 bits per heavy atom. The van der Waals surface area contributed by atoms with E-state index in [4.69, 9.17) is 5.73 Å². The average molecular weight is 279 g/mol. The van der Waals surface area contributed by atoms with E-state index in [0.717, 1.165) is 51.0 Å². The lowest BCUT2D eigenvalue weighted by Gasteiger charge is -2.32. The Balaban J connectivity index is 1.84. The summed E-state index contributed by atoms with van der Waals surface area (Å²) in [6.07, 6.45) is 7.50. The van der Waals surface area contributed by atoms with Crippen LogP contribution in [-0.2, 0) is 11.8 Å². The van der Waals surface area contributed by atoms with Crippen molar-refractivity contribution in [1.29, 1.82) is 0 Å². The molecule has 1 amide bonds. The molecule has 1 fully saturated rings. The summed E-state index contributed by atoms with van der Waals surface area (Å²) in [4.78, 5) is 14.2. The van der Waals surface area contributed by atoms with Gasteiger partial charge in [0.25, 0.3) is 0 Å². The molecule has 0 aromatic carbocycles. The molecule has 0 saturated carbocycles.